The van der Waals surface area contributed by atoms with Gasteiger partial charge in [0.05, 0.1) is 17.7 Å². The normalized spacial score (nSPS) is 11.0. The van der Waals surface area contributed by atoms with Gasteiger partial charge in [0.15, 0.2) is 0 Å². The summed E-state index contributed by atoms with van der Waals surface area (Å²) in [6, 6.07) is 14.8. The molecule has 0 bridgehead atoms. The van der Waals surface area contributed by atoms with Crippen molar-refractivity contribution in [2.45, 2.75) is 11.8 Å². The van der Waals surface area contributed by atoms with Crippen LogP contribution in [0.4, 0.5) is 11.5 Å². The Balaban J connectivity index is 1.82. The molecule has 1 heterocycles. The summed E-state index contributed by atoms with van der Waals surface area (Å²) in [5.74, 6) is 0.712. The number of carbonyl (C=O) groups excluding carboxylic acids is 1. The number of sulfonamides is 1. The van der Waals surface area contributed by atoms with Crippen LogP contribution >= 0.6 is 0 Å². The summed E-state index contributed by atoms with van der Waals surface area (Å²) >= 11 is 0. The molecule has 29 heavy (non-hydrogen) atoms. The fourth-order valence-electron chi connectivity index (χ4n) is 2.56. The second-order valence-corrected chi connectivity index (χ2v) is 7.88. The Labute approximate surface area is 169 Å². The van der Waals surface area contributed by atoms with Crippen molar-refractivity contribution in [3.63, 3.8) is 0 Å². The van der Waals surface area contributed by atoms with E-state index in [9.17, 15) is 13.2 Å². The van der Waals surface area contributed by atoms with Crippen LogP contribution in [0.15, 0.2) is 65.8 Å². The maximum absolute atomic E-state index is 12.7. The van der Waals surface area contributed by atoms with E-state index in [-0.39, 0.29) is 16.6 Å². The van der Waals surface area contributed by atoms with Crippen molar-refractivity contribution < 1.29 is 17.9 Å². The van der Waals surface area contributed by atoms with Gasteiger partial charge < -0.3 is 9.64 Å². The molecular weight excluding hydrogens is 392 g/mol. The summed E-state index contributed by atoms with van der Waals surface area (Å²) in [6.45, 7) is 1.43. The van der Waals surface area contributed by atoms with Gasteiger partial charge in [-0.25, -0.2) is 18.4 Å². The van der Waals surface area contributed by atoms with Gasteiger partial charge in [-0.1, -0.05) is 0 Å². The molecule has 0 saturated heterocycles. The highest BCUT2D eigenvalue weighted by molar-refractivity contribution is 7.92. The standard InChI is InChI=1S/C20H20N4O4S/c1-14(25)24(2)16-6-10-18(11-7-16)29(26,27)23-20-12-19(21-13-22-20)15-4-8-17(28-3)9-5-15/h4-13H,1-3H3,(H,21,22,23). The van der Waals surface area contributed by atoms with Crippen LogP contribution < -0.4 is 14.4 Å². The fourth-order valence-corrected chi connectivity index (χ4v) is 3.56. The van der Waals surface area contributed by atoms with E-state index in [1.807, 2.05) is 12.1 Å². The van der Waals surface area contributed by atoms with E-state index in [0.29, 0.717) is 17.1 Å². The SMILES string of the molecule is COc1ccc(-c2cc(NS(=O)(=O)c3ccc(N(C)C(C)=O)cc3)ncn2)cc1. The molecular formula is C20H20N4O4S. The zero-order chi connectivity index (χ0) is 21.0. The lowest BCUT2D eigenvalue weighted by Crippen LogP contribution is -2.22. The van der Waals surface area contributed by atoms with Crippen molar-refractivity contribution in [3.05, 3.63) is 60.9 Å². The van der Waals surface area contributed by atoms with Gasteiger partial charge in [-0.2, -0.15) is 0 Å². The maximum Gasteiger partial charge on any atom is 0.263 e. The zero-order valence-electron chi connectivity index (χ0n) is 16.2. The number of ether oxygens (including phenoxy) is 1. The first-order valence-electron chi connectivity index (χ1n) is 8.64. The Morgan fingerprint density at radius 2 is 1.69 bits per heavy atom. The number of methoxy groups -OCH3 is 1. The Kier molecular flexibility index (Phi) is 5.79. The number of hydrogen-bond acceptors (Lipinski definition) is 6. The van der Waals surface area contributed by atoms with Gasteiger partial charge in [0.1, 0.15) is 17.9 Å². The number of amides is 1. The zero-order valence-corrected chi connectivity index (χ0v) is 17.0. The molecule has 9 heteroatoms. The first-order chi connectivity index (χ1) is 13.8. The topological polar surface area (TPSA) is 101 Å². The highest BCUT2D eigenvalue weighted by Gasteiger charge is 2.16. The van der Waals surface area contributed by atoms with Crippen LogP contribution in [0, 0.1) is 0 Å². The Bertz CT molecular complexity index is 1110. The fraction of sp³-hybridized carbons (Fsp3) is 0.150. The van der Waals surface area contributed by atoms with Crippen molar-refractivity contribution in [1.82, 2.24) is 9.97 Å². The molecule has 1 amide bonds. The molecule has 1 aromatic heterocycles. The van der Waals surface area contributed by atoms with Crippen molar-refractivity contribution in [2.24, 2.45) is 0 Å². The molecule has 0 fully saturated rings. The summed E-state index contributed by atoms with van der Waals surface area (Å²) in [6.07, 6.45) is 1.29. The van der Waals surface area contributed by atoms with E-state index >= 15 is 0 Å². The van der Waals surface area contributed by atoms with E-state index in [0.717, 1.165) is 5.56 Å². The number of nitrogens with zero attached hydrogens (tertiary/aromatic N) is 3. The minimum absolute atomic E-state index is 0.0582. The molecule has 0 aliphatic heterocycles. The number of rotatable bonds is 6. The Hall–Kier alpha value is -3.46. The van der Waals surface area contributed by atoms with Crippen molar-refractivity contribution in [1.29, 1.82) is 0 Å². The van der Waals surface area contributed by atoms with Gasteiger partial charge >= 0.3 is 0 Å². The van der Waals surface area contributed by atoms with Crippen LogP contribution in [0.3, 0.4) is 0 Å². The third-order valence-electron chi connectivity index (χ3n) is 4.30. The number of aromatic nitrogens is 2. The molecule has 1 N–H and O–H groups in total. The van der Waals surface area contributed by atoms with Gasteiger partial charge in [-0.15, -0.1) is 0 Å². The quantitative estimate of drug-likeness (QED) is 0.668. The maximum atomic E-state index is 12.7. The summed E-state index contributed by atoms with van der Waals surface area (Å²) in [5.41, 5.74) is 1.96. The van der Waals surface area contributed by atoms with Crippen molar-refractivity contribution in [2.75, 3.05) is 23.8 Å². The van der Waals surface area contributed by atoms with Crippen LogP contribution in [-0.4, -0.2) is 38.5 Å². The third kappa shape index (κ3) is 4.69. The average Bonchev–Trinajstić information content (AvgIpc) is 2.73. The summed E-state index contributed by atoms with van der Waals surface area (Å²) in [4.78, 5) is 21.1. The van der Waals surface area contributed by atoms with E-state index < -0.39 is 10.0 Å². The molecule has 3 rings (SSSR count). The van der Waals surface area contributed by atoms with Gasteiger partial charge in [-0.3, -0.25) is 9.52 Å². The van der Waals surface area contributed by atoms with E-state index in [1.54, 1.807) is 44.5 Å². The molecule has 2 aromatic carbocycles. The summed E-state index contributed by atoms with van der Waals surface area (Å²) in [5, 5.41) is 0. The molecule has 0 aliphatic rings. The monoisotopic (exact) mass is 412 g/mol. The molecule has 0 aliphatic carbocycles. The summed E-state index contributed by atoms with van der Waals surface area (Å²) in [7, 11) is -0.652. The van der Waals surface area contributed by atoms with Crippen molar-refractivity contribution in [3.8, 4) is 17.0 Å². The molecule has 3 aromatic rings. The number of anilines is 2. The van der Waals surface area contributed by atoms with E-state index in [1.165, 1.54) is 30.3 Å². The predicted octanol–water partition coefficient (Wildman–Crippen LogP) is 2.94. The second kappa shape index (κ2) is 8.27. The highest BCUT2D eigenvalue weighted by atomic mass is 32.2. The van der Waals surface area contributed by atoms with Gasteiger partial charge in [-0.05, 0) is 48.5 Å². The first-order valence-corrected chi connectivity index (χ1v) is 10.1. The van der Waals surface area contributed by atoms with Crippen LogP contribution in [0.2, 0.25) is 0 Å². The molecule has 150 valence electrons. The molecule has 0 spiro atoms. The number of benzene rings is 2. The van der Waals surface area contributed by atoms with E-state index in [4.69, 9.17) is 4.74 Å². The van der Waals surface area contributed by atoms with Gasteiger partial charge in [0.2, 0.25) is 5.91 Å². The van der Waals surface area contributed by atoms with Crippen LogP contribution in [0.5, 0.6) is 5.75 Å². The average molecular weight is 412 g/mol. The molecule has 0 radical (unpaired) electrons. The third-order valence-corrected chi connectivity index (χ3v) is 5.67. The molecule has 0 unspecified atom stereocenters. The highest BCUT2D eigenvalue weighted by Crippen LogP contribution is 2.23. The van der Waals surface area contributed by atoms with Crippen LogP contribution in [0.1, 0.15) is 6.92 Å². The molecule has 0 atom stereocenters. The number of carbonyl (C=O) groups is 1. The number of nitrogens with one attached hydrogen (secondary N) is 1. The van der Waals surface area contributed by atoms with Crippen LogP contribution in [-0.2, 0) is 14.8 Å². The lowest BCUT2D eigenvalue weighted by atomic mass is 10.1. The predicted molar refractivity (Wildman–Crippen MR) is 110 cm³/mol. The minimum atomic E-state index is -3.85. The molecule has 8 nitrogen and oxygen atoms in total. The first kappa shape index (κ1) is 20.3. The largest absolute Gasteiger partial charge is 0.497 e. The lowest BCUT2D eigenvalue weighted by Gasteiger charge is -2.15. The Morgan fingerprint density at radius 1 is 1.03 bits per heavy atom. The molecule has 0 saturated carbocycles. The van der Waals surface area contributed by atoms with Crippen molar-refractivity contribution >= 4 is 27.4 Å². The van der Waals surface area contributed by atoms with E-state index in [2.05, 4.69) is 14.7 Å². The van der Waals surface area contributed by atoms with Gasteiger partial charge in [0.25, 0.3) is 10.0 Å². The second-order valence-electron chi connectivity index (χ2n) is 6.19. The van der Waals surface area contributed by atoms with Gasteiger partial charge in [0, 0.05) is 31.3 Å². The smallest absolute Gasteiger partial charge is 0.263 e. The minimum Gasteiger partial charge on any atom is -0.497 e. The van der Waals surface area contributed by atoms with Crippen LogP contribution in [0.25, 0.3) is 11.3 Å². The lowest BCUT2D eigenvalue weighted by molar-refractivity contribution is -0.116. The number of hydrogen-bond donors (Lipinski definition) is 1. The Morgan fingerprint density at radius 3 is 2.28 bits per heavy atom. The summed E-state index contributed by atoms with van der Waals surface area (Å²) < 4.78 is 32.9.